The summed E-state index contributed by atoms with van der Waals surface area (Å²) in [7, 11) is 0. The third-order valence-electron chi connectivity index (χ3n) is 2.69. The molecule has 0 fully saturated rings. The van der Waals surface area contributed by atoms with Crippen LogP contribution in [-0.2, 0) is 4.79 Å². The maximum atomic E-state index is 11.9. The van der Waals surface area contributed by atoms with Crippen LogP contribution in [0, 0.1) is 6.92 Å². The van der Waals surface area contributed by atoms with E-state index in [4.69, 9.17) is 27.9 Å². The fourth-order valence-corrected chi connectivity index (χ4v) is 2.53. The van der Waals surface area contributed by atoms with Crippen molar-refractivity contribution in [3.63, 3.8) is 0 Å². The van der Waals surface area contributed by atoms with Gasteiger partial charge >= 0.3 is 0 Å². The highest BCUT2D eigenvalue weighted by atomic mass is 79.9. The van der Waals surface area contributed by atoms with Crippen LogP contribution in [0.1, 0.15) is 5.56 Å². The average Bonchev–Trinajstić information content (AvgIpc) is 2.43. The summed E-state index contributed by atoms with van der Waals surface area (Å²) in [5.74, 6) is 0.259. The second kappa shape index (κ2) is 7.16. The van der Waals surface area contributed by atoms with Gasteiger partial charge in [-0.3, -0.25) is 4.79 Å². The van der Waals surface area contributed by atoms with Crippen LogP contribution >= 0.6 is 39.1 Å². The van der Waals surface area contributed by atoms with Gasteiger partial charge in [-0.05, 0) is 58.7 Å². The van der Waals surface area contributed by atoms with Crippen molar-refractivity contribution in [3.05, 3.63) is 56.5 Å². The number of hydrogen-bond acceptors (Lipinski definition) is 2. The lowest BCUT2D eigenvalue weighted by molar-refractivity contribution is -0.118. The van der Waals surface area contributed by atoms with Crippen LogP contribution in [0.3, 0.4) is 0 Å². The molecule has 2 aromatic rings. The average molecular weight is 389 g/mol. The van der Waals surface area contributed by atoms with Gasteiger partial charge in [0.25, 0.3) is 5.91 Å². The Morgan fingerprint density at radius 3 is 2.76 bits per heavy atom. The molecule has 2 aromatic carbocycles. The molecule has 1 amide bonds. The summed E-state index contributed by atoms with van der Waals surface area (Å²) in [4.78, 5) is 11.9. The summed E-state index contributed by atoms with van der Waals surface area (Å²) in [5.41, 5.74) is 1.53. The third kappa shape index (κ3) is 4.63. The second-order valence-electron chi connectivity index (χ2n) is 4.38. The summed E-state index contributed by atoms with van der Waals surface area (Å²) < 4.78 is 6.13. The standard InChI is InChI=1S/C15H12BrCl2NO2/c1-9-5-12(16)14(7-13(9)18)19-15(20)8-21-11-4-2-3-10(17)6-11/h2-7H,8H2,1H3,(H,19,20). The minimum atomic E-state index is -0.282. The number of hydrogen-bond donors (Lipinski definition) is 1. The van der Waals surface area contributed by atoms with E-state index in [9.17, 15) is 4.79 Å². The maximum absolute atomic E-state index is 11.9. The van der Waals surface area contributed by atoms with Crippen LogP contribution < -0.4 is 10.1 Å². The number of benzene rings is 2. The lowest BCUT2D eigenvalue weighted by Gasteiger charge is -2.10. The molecule has 0 aliphatic rings. The molecule has 3 nitrogen and oxygen atoms in total. The van der Waals surface area contributed by atoms with Gasteiger partial charge in [0.15, 0.2) is 6.61 Å². The van der Waals surface area contributed by atoms with Crippen LogP contribution in [0.25, 0.3) is 0 Å². The second-order valence-corrected chi connectivity index (χ2v) is 6.07. The van der Waals surface area contributed by atoms with Gasteiger partial charge in [-0.25, -0.2) is 0 Å². The smallest absolute Gasteiger partial charge is 0.262 e. The molecule has 0 bridgehead atoms. The van der Waals surface area contributed by atoms with Crippen molar-refractivity contribution < 1.29 is 9.53 Å². The molecule has 0 spiro atoms. The molecule has 2 rings (SSSR count). The number of carbonyl (C=O) groups is 1. The molecule has 0 atom stereocenters. The Labute approximate surface area is 141 Å². The summed E-state index contributed by atoms with van der Waals surface area (Å²) >= 11 is 15.3. The van der Waals surface area contributed by atoms with Crippen molar-refractivity contribution in [2.45, 2.75) is 6.92 Å². The van der Waals surface area contributed by atoms with Gasteiger partial charge in [0, 0.05) is 14.5 Å². The Morgan fingerprint density at radius 2 is 2.05 bits per heavy atom. The Kier molecular flexibility index (Phi) is 5.51. The van der Waals surface area contributed by atoms with Crippen LogP contribution in [0.5, 0.6) is 5.75 Å². The molecule has 1 N–H and O–H groups in total. The number of rotatable bonds is 4. The quantitative estimate of drug-likeness (QED) is 0.792. The molecule has 0 aliphatic carbocycles. The van der Waals surface area contributed by atoms with E-state index < -0.39 is 0 Å². The molecular weight excluding hydrogens is 377 g/mol. The molecule has 21 heavy (non-hydrogen) atoms. The topological polar surface area (TPSA) is 38.3 Å². The van der Waals surface area contributed by atoms with E-state index in [1.807, 2.05) is 13.0 Å². The number of halogens is 3. The highest BCUT2D eigenvalue weighted by molar-refractivity contribution is 9.10. The van der Waals surface area contributed by atoms with Gasteiger partial charge in [0.2, 0.25) is 0 Å². The first-order valence-corrected chi connectivity index (χ1v) is 7.64. The Balaban J connectivity index is 1.97. The zero-order chi connectivity index (χ0) is 15.4. The van der Waals surface area contributed by atoms with Gasteiger partial charge in [-0.15, -0.1) is 0 Å². The molecule has 6 heteroatoms. The Bertz CT molecular complexity index is 677. The zero-order valence-corrected chi connectivity index (χ0v) is 14.2. The third-order valence-corrected chi connectivity index (χ3v) is 3.99. The molecule has 0 saturated carbocycles. The van der Waals surface area contributed by atoms with Crippen molar-refractivity contribution in [2.75, 3.05) is 11.9 Å². The number of ether oxygens (including phenoxy) is 1. The monoisotopic (exact) mass is 387 g/mol. The Hall–Kier alpha value is -1.23. The predicted molar refractivity (Wildman–Crippen MR) is 89.5 cm³/mol. The number of anilines is 1. The van der Waals surface area contributed by atoms with E-state index in [1.54, 1.807) is 30.3 Å². The lowest BCUT2D eigenvalue weighted by Crippen LogP contribution is -2.20. The van der Waals surface area contributed by atoms with Gasteiger partial charge < -0.3 is 10.1 Å². The number of carbonyl (C=O) groups excluding carboxylic acids is 1. The maximum Gasteiger partial charge on any atom is 0.262 e. The largest absolute Gasteiger partial charge is 0.484 e. The first-order chi connectivity index (χ1) is 9.95. The highest BCUT2D eigenvalue weighted by Crippen LogP contribution is 2.29. The van der Waals surface area contributed by atoms with Crippen LogP contribution in [0.2, 0.25) is 10.0 Å². The van der Waals surface area contributed by atoms with Crippen LogP contribution in [0.4, 0.5) is 5.69 Å². The van der Waals surface area contributed by atoms with Crippen molar-refractivity contribution in [1.82, 2.24) is 0 Å². The van der Waals surface area contributed by atoms with Crippen LogP contribution in [-0.4, -0.2) is 12.5 Å². The van der Waals surface area contributed by atoms with E-state index >= 15 is 0 Å². The van der Waals surface area contributed by atoms with Crippen molar-refractivity contribution in [2.24, 2.45) is 0 Å². The zero-order valence-electron chi connectivity index (χ0n) is 11.1. The molecule has 0 aliphatic heterocycles. The number of aryl methyl sites for hydroxylation is 1. The van der Waals surface area contributed by atoms with E-state index in [0.29, 0.717) is 21.5 Å². The van der Waals surface area contributed by atoms with Gasteiger partial charge in [-0.2, -0.15) is 0 Å². The Morgan fingerprint density at radius 1 is 1.29 bits per heavy atom. The summed E-state index contributed by atoms with van der Waals surface area (Å²) in [5, 5.41) is 3.88. The predicted octanol–water partition coefficient (Wildman–Crippen LogP) is 5.08. The van der Waals surface area contributed by atoms with Gasteiger partial charge in [0.1, 0.15) is 5.75 Å². The first kappa shape index (κ1) is 16.1. The van der Waals surface area contributed by atoms with Crippen molar-refractivity contribution in [3.8, 4) is 5.75 Å². The minimum Gasteiger partial charge on any atom is -0.484 e. The normalized spacial score (nSPS) is 10.3. The van der Waals surface area contributed by atoms with Crippen LogP contribution in [0.15, 0.2) is 40.9 Å². The minimum absolute atomic E-state index is 0.113. The van der Waals surface area contributed by atoms with E-state index in [1.165, 1.54) is 0 Å². The summed E-state index contributed by atoms with van der Waals surface area (Å²) in [6, 6.07) is 10.4. The molecule has 0 radical (unpaired) electrons. The van der Waals surface area contributed by atoms with Gasteiger partial charge in [0.05, 0.1) is 5.69 Å². The lowest BCUT2D eigenvalue weighted by atomic mass is 10.2. The summed E-state index contributed by atoms with van der Waals surface area (Å²) in [6.07, 6.45) is 0. The SMILES string of the molecule is Cc1cc(Br)c(NC(=O)COc2cccc(Cl)c2)cc1Cl. The fraction of sp³-hybridized carbons (Fsp3) is 0.133. The number of amides is 1. The molecule has 0 unspecified atom stereocenters. The summed E-state index contributed by atoms with van der Waals surface area (Å²) in [6.45, 7) is 1.78. The molecule has 0 saturated heterocycles. The van der Waals surface area contributed by atoms with Gasteiger partial charge in [-0.1, -0.05) is 29.3 Å². The first-order valence-electron chi connectivity index (χ1n) is 6.09. The number of nitrogens with one attached hydrogen (secondary N) is 1. The van der Waals surface area contributed by atoms with E-state index in [0.717, 1.165) is 10.0 Å². The molecule has 0 heterocycles. The highest BCUT2D eigenvalue weighted by Gasteiger charge is 2.09. The van der Waals surface area contributed by atoms with E-state index in [2.05, 4.69) is 21.2 Å². The molecule has 0 aromatic heterocycles. The molecule has 110 valence electrons. The van der Waals surface area contributed by atoms with Crippen molar-refractivity contribution in [1.29, 1.82) is 0 Å². The van der Waals surface area contributed by atoms with E-state index in [-0.39, 0.29) is 12.5 Å². The molecular formula is C15H12BrCl2NO2. The van der Waals surface area contributed by atoms with Crippen molar-refractivity contribution >= 4 is 50.7 Å². The fourth-order valence-electron chi connectivity index (χ4n) is 1.63.